The van der Waals surface area contributed by atoms with Crippen molar-refractivity contribution in [1.29, 1.82) is 0 Å². The zero-order chi connectivity index (χ0) is 15.2. The number of carbonyl (C=O) groups excluding carboxylic acids is 1. The third kappa shape index (κ3) is 5.72. The van der Waals surface area contributed by atoms with Gasteiger partial charge in [0, 0.05) is 18.3 Å². The lowest BCUT2D eigenvalue weighted by Crippen LogP contribution is -2.44. The maximum absolute atomic E-state index is 11.9. The first-order valence-electron chi connectivity index (χ1n) is 7.03. The van der Waals surface area contributed by atoms with Crippen LogP contribution in [0.5, 0.6) is 0 Å². The van der Waals surface area contributed by atoms with Crippen molar-refractivity contribution in [1.82, 2.24) is 5.32 Å². The van der Waals surface area contributed by atoms with Crippen molar-refractivity contribution in [3.05, 3.63) is 29.8 Å². The molecule has 0 aliphatic rings. The Morgan fingerprint density at radius 1 is 1.25 bits per heavy atom. The third-order valence-electron chi connectivity index (χ3n) is 3.31. The van der Waals surface area contributed by atoms with E-state index >= 15 is 0 Å². The lowest BCUT2D eigenvalue weighted by Gasteiger charge is -2.31. The van der Waals surface area contributed by atoms with Crippen LogP contribution in [0.15, 0.2) is 24.3 Å². The number of nitrogens with one attached hydrogen (secondary N) is 2. The van der Waals surface area contributed by atoms with E-state index in [9.17, 15) is 4.79 Å². The molecule has 1 unspecified atom stereocenters. The number of aliphatic hydroxyl groups is 1. The standard InChI is InChI=1S/C16H26N2O2/c1-12-5-7-13(8-6-12)18-15(20)11-17-14(9-10-19)16(2,3)4/h5-8,14,17,19H,9-11H2,1-4H3,(H,18,20). The highest BCUT2D eigenvalue weighted by Crippen LogP contribution is 2.21. The molecule has 0 radical (unpaired) electrons. The molecule has 0 heterocycles. The molecule has 112 valence electrons. The van der Waals surface area contributed by atoms with E-state index in [1.165, 1.54) is 0 Å². The molecule has 4 heteroatoms. The second kappa shape index (κ2) is 7.41. The number of anilines is 1. The van der Waals surface area contributed by atoms with Crippen LogP contribution in [-0.4, -0.2) is 30.2 Å². The maximum Gasteiger partial charge on any atom is 0.238 e. The number of carbonyl (C=O) groups is 1. The molecule has 1 atom stereocenters. The zero-order valence-corrected chi connectivity index (χ0v) is 12.9. The topological polar surface area (TPSA) is 61.4 Å². The van der Waals surface area contributed by atoms with Crippen molar-refractivity contribution in [2.24, 2.45) is 5.41 Å². The molecule has 0 saturated heterocycles. The van der Waals surface area contributed by atoms with E-state index in [-0.39, 0.29) is 30.5 Å². The smallest absolute Gasteiger partial charge is 0.238 e. The predicted octanol–water partition coefficient (Wildman–Crippen LogP) is 2.32. The second-order valence-corrected chi connectivity index (χ2v) is 6.23. The van der Waals surface area contributed by atoms with E-state index in [0.29, 0.717) is 6.42 Å². The van der Waals surface area contributed by atoms with Crippen LogP contribution in [0.4, 0.5) is 5.69 Å². The van der Waals surface area contributed by atoms with Gasteiger partial charge in [-0.1, -0.05) is 38.5 Å². The summed E-state index contributed by atoms with van der Waals surface area (Å²) in [6.07, 6.45) is 0.640. The Hall–Kier alpha value is -1.39. The van der Waals surface area contributed by atoms with Gasteiger partial charge < -0.3 is 15.7 Å². The van der Waals surface area contributed by atoms with Crippen LogP contribution in [-0.2, 0) is 4.79 Å². The molecule has 0 saturated carbocycles. The number of benzene rings is 1. The lowest BCUT2D eigenvalue weighted by molar-refractivity contribution is -0.115. The van der Waals surface area contributed by atoms with Gasteiger partial charge in [0.2, 0.25) is 5.91 Å². The van der Waals surface area contributed by atoms with Gasteiger partial charge in [-0.3, -0.25) is 4.79 Å². The molecule has 1 aromatic carbocycles. The van der Waals surface area contributed by atoms with Crippen LogP contribution in [0.25, 0.3) is 0 Å². The monoisotopic (exact) mass is 278 g/mol. The Labute approximate surface area is 121 Å². The largest absolute Gasteiger partial charge is 0.396 e. The van der Waals surface area contributed by atoms with E-state index in [2.05, 4.69) is 31.4 Å². The van der Waals surface area contributed by atoms with E-state index in [1.54, 1.807) is 0 Å². The van der Waals surface area contributed by atoms with Crippen molar-refractivity contribution in [3.8, 4) is 0 Å². The highest BCUT2D eigenvalue weighted by molar-refractivity contribution is 5.92. The minimum atomic E-state index is -0.0685. The molecule has 0 aliphatic carbocycles. The third-order valence-corrected chi connectivity index (χ3v) is 3.31. The van der Waals surface area contributed by atoms with Crippen molar-refractivity contribution in [2.45, 2.75) is 40.2 Å². The Morgan fingerprint density at radius 2 is 1.85 bits per heavy atom. The van der Waals surface area contributed by atoms with E-state index in [1.807, 2.05) is 31.2 Å². The summed E-state index contributed by atoms with van der Waals surface area (Å²) in [7, 11) is 0. The van der Waals surface area contributed by atoms with Gasteiger partial charge in [-0.15, -0.1) is 0 Å². The molecule has 1 aromatic rings. The molecule has 0 bridgehead atoms. The van der Waals surface area contributed by atoms with Crippen LogP contribution < -0.4 is 10.6 Å². The molecular weight excluding hydrogens is 252 g/mol. The molecule has 4 nitrogen and oxygen atoms in total. The molecule has 0 aromatic heterocycles. The summed E-state index contributed by atoms with van der Waals surface area (Å²) in [5, 5.41) is 15.2. The second-order valence-electron chi connectivity index (χ2n) is 6.23. The van der Waals surface area contributed by atoms with Crippen LogP contribution in [0, 0.1) is 12.3 Å². The maximum atomic E-state index is 11.9. The van der Waals surface area contributed by atoms with Gasteiger partial charge in [0.15, 0.2) is 0 Å². The number of rotatable bonds is 6. The highest BCUT2D eigenvalue weighted by Gasteiger charge is 2.24. The first-order chi connectivity index (χ1) is 9.32. The molecule has 1 amide bonds. The molecule has 20 heavy (non-hydrogen) atoms. The minimum Gasteiger partial charge on any atom is -0.396 e. The average Bonchev–Trinajstić information content (AvgIpc) is 2.36. The summed E-state index contributed by atoms with van der Waals surface area (Å²) in [5.41, 5.74) is 1.97. The number of aryl methyl sites for hydroxylation is 1. The Bertz CT molecular complexity index is 421. The van der Waals surface area contributed by atoms with E-state index < -0.39 is 0 Å². The number of hydrogen-bond acceptors (Lipinski definition) is 3. The first kappa shape index (κ1) is 16.7. The van der Waals surface area contributed by atoms with Crippen LogP contribution >= 0.6 is 0 Å². The summed E-state index contributed by atoms with van der Waals surface area (Å²) in [6, 6.07) is 7.82. The Morgan fingerprint density at radius 3 is 2.35 bits per heavy atom. The normalized spacial score (nSPS) is 13.1. The van der Waals surface area contributed by atoms with E-state index in [0.717, 1.165) is 11.3 Å². The Balaban J connectivity index is 2.47. The number of amides is 1. The highest BCUT2D eigenvalue weighted by atomic mass is 16.3. The first-order valence-corrected chi connectivity index (χ1v) is 7.03. The summed E-state index contributed by atoms with van der Waals surface area (Å²) >= 11 is 0. The fraction of sp³-hybridized carbons (Fsp3) is 0.562. The van der Waals surface area contributed by atoms with Crippen molar-refractivity contribution in [3.63, 3.8) is 0 Å². The fourth-order valence-corrected chi connectivity index (χ4v) is 2.03. The summed E-state index contributed by atoms with van der Waals surface area (Å²) in [4.78, 5) is 11.9. The molecule has 0 fully saturated rings. The quantitative estimate of drug-likeness (QED) is 0.748. The van der Waals surface area contributed by atoms with Crippen LogP contribution in [0.2, 0.25) is 0 Å². The molecule has 1 rings (SSSR count). The average molecular weight is 278 g/mol. The van der Waals surface area contributed by atoms with Gasteiger partial charge in [-0.25, -0.2) is 0 Å². The summed E-state index contributed by atoms with van der Waals surface area (Å²) in [6.45, 7) is 8.66. The molecule has 3 N–H and O–H groups in total. The lowest BCUT2D eigenvalue weighted by atomic mass is 9.85. The van der Waals surface area contributed by atoms with Crippen LogP contribution in [0.1, 0.15) is 32.8 Å². The predicted molar refractivity (Wildman–Crippen MR) is 82.8 cm³/mol. The Kier molecular flexibility index (Phi) is 6.17. The number of hydrogen-bond donors (Lipinski definition) is 3. The van der Waals surface area contributed by atoms with Gasteiger partial charge in [-0.05, 0) is 30.9 Å². The fourth-order valence-electron chi connectivity index (χ4n) is 2.03. The van der Waals surface area contributed by atoms with Crippen molar-refractivity contribution < 1.29 is 9.90 Å². The summed E-state index contributed by atoms with van der Waals surface area (Å²) in [5.74, 6) is -0.0685. The SMILES string of the molecule is Cc1ccc(NC(=O)CNC(CCO)C(C)(C)C)cc1. The summed E-state index contributed by atoms with van der Waals surface area (Å²) < 4.78 is 0. The van der Waals surface area contributed by atoms with Gasteiger partial charge in [0.05, 0.1) is 6.54 Å². The molecule has 0 aliphatic heterocycles. The van der Waals surface area contributed by atoms with Gasteiger partial charge in [-0.2, -0.15) is 0 Å². The zero-order valence-electron chi connectivity index (χ0n) is 12.9. The van der Waals surface area contributed by atoms with Gasteiger partial charge in [0.1, 0.15) is 0 Å². The van der Waals surface area contributed by atoms with Crippen molar-refractivity contribution >= 4 is 11.6 Å². The number of aliphatic hydroxyl groups excluding tert-OH is 1. The van der Waals surface area contributed by atoms with E-state index in [4.69, 9.17) is 5.11 Å². The molecule has 0 spiro atoms. The van der Waals surface area contributed by atoms with Gasteiger partial charge in [0.25, 0.3) is 0 Å². The van der Waals surface area contributed by atoms with Gasteiger partial charge >= 0.3 is 0 Å². The van der Waals surface area contributed by atoms with Crippen LogP contribution in [0.3, 0.4) is 0 Å². The minimum absolute atomic E-state index is 0.00681. The molecular formula is C16H26N2O2. The van der Waals surface area contributed by atoms with Crippen molar-refractivity contribution in [2.75, 3.05) is 18.5 Å².